The molecule has 0 aliphatic heterocycles. The number of nitrogens with zero attached hydrogens (tertiary/aromatic N) is 2. The van der Waals surface area contributed by atoms with E-state index in [0.717, 1.165) is 12.8 Å². The van der Waals surface area contributed by atoms with E-state index in [4.69, 9.17) is 4.11 Å². The van der Waals surface area contributed by atoms with Gasteiger partial charge in [-0.3, -0.25) is 4.79 Å². The average Bonchev–Trinajstić information content (AvgIpc) is 2.85. The molecule has 0 aliphatic carbocycles. The van der Waals surface area contributed by atoms with Gasteiger partial charge in [0.05, 0.1) is 11.0 Å². The minimum atomic E-state index is -2.47. The lowest BCUT2D eigenvalue weighted by atomic mass is 9.96. The summed E-state index contributed by atoms with van der Waals surface area (Å²) in [6.07, 6.45) is 1.51. The van der Waals surface area contributed by atoms with Crippen molar-refractivity contribution < 1.29 is 4.11 Å². The van der Waals surface area contributed by atoms with Crippen LogP contribution in [0, 0.1) is 6.85 Å². The molecule has 4 heteroatoms. The van der Waals surface area contributed by atoms with Crippen LogP contribution in [0.4, 0.5) is 0 Å². The molecule has 0 spiro atoms. The molecule has 1 aromatic carbocycles. The van der Waals surface area contributed by atoms with Crippen molar-refractivity contribution >= 4 is 16.8 Å². The van der Waals surface area contributed by atoms with Crippen LogP contribution in [-0.4, -0.2) is 14.4 Å². The summed E-state index contributed by atoms with van der Waals surface area (Å²) in [6.45, 7) is 1.51. The summed E-state index contributed by atoms with van der Waals surface area (Å²) in [5.74, 6) is 0.383. The molecule has 0 atom stereocenters. The molecule has 20 heavy (non-hydrogen) atoms. The molecule has 0 unspecified atom stereocenters. The number of imidazole rings is 1. The lowest BCUT2D eigenvalue weighted by molar-refractivity contribution is 0.616. The Hall–Kier alpha value is -2.10. The third kappa shape index (κ3) is 1.75. The molecule has 3 aromatic rings. The number of nitrogens with one attached hydrogen (secondary N) is 1. The monoisotopic (exact) mass is 272 g/mol. The minimum Gasteiger partial charge on any atom is -0.328 e. The van der Waals surface area contributed by atoms with E-state index >= 15 is 0 Å². The van der Waals surface area contributed by atoms with Crippen LogP contribution < -0.4 is 5.56 Å². The maximum atomic E-state index is 13.0. The molecule has 2 heterocycles. The number of aromatic nitrogens is 3. The second kappa shape index (κ2) is 4.78. The van der Waals surface area contributed by atoms with E-state index in [9.17, 15) is 4.79 Å². The Kier molecular flexibility index (Phi) is 2.33. The van der Waals surface area contributed by atoms with E-state index in [1.807, 2.05) is 19.9 Å². The zero-order valence-corrected chi connectivity index (χ0v) is 11.6. The van der Waals surface area contributed by atoms with Crippen LogP contribution in [0.15, 0.2) is 29.1 Å². The van der Waals surface area contributed by atoms with Crippen molar-refractivity contribution in [1.29, 1.82) is 0 Å². The average molecular weight is 272 g/mol. The topological polar surface area (TPSA) is 50.2 Å². The third-order valence-electron chi connectivity index (χ3n) is 3.89. The summed E-state index contributed by atoms with van der Waals surface area (Å²) in [7, 11) is 0. The van der Waals surface area contributed by atoms with Gasteiger partial charge in [0, 0.05) is 15.4 Å². The van der Waals surface area contributed by atoms with Crippen molar-refractivity contribution in [3.8, 4) is 0 Å². The van der Waals surface area contributed by atoms with E-state index in [1.165, 1.54) is 4.40 Å². The highest BCUT2D eigenvalue weighted by Crippen LogP contribution is 2.24. The first-order valence-corrected chi connectivity index (χ1v) is 6.92. The van der Waals surface area contributed by atoms with Gasteiger partial charge in [-0.15, -0.1) is 0 Å². The summed E-state index contributed by atoms with van der Waals surface area (Å²) in [5.41, 5.74) is 1.14. The van der Waals surface area contributed by atoms with E-state index in [2.05, 4.69) is 9.97 Å². The SMILES string of the molecule is [2H]C([2H])([2H])c1c(C(CC)CC)[nH]c2nc3ccccc3n2c1=O. The Morgan fingerprint density at radius 1 is 1.35 bits per heavy atom. The summed E-state index contributed by atoms with van der Waals surface area (Å²) < 4.78 is 24.8. The number of benzene rings is 1. The van der Waals surface area contributed by atoms with Gasteiger partial charge in [-0.2, -0.15) is 0 Å². The Labute approximate surface area is 121 Å². The first kappa shape index (κ1) is 9.75. The molecule has 0 fully saturated rings. The Morgan fingerprint density at radius 2 is 2.10 bits per heavy atom. The molecule has 104 valence electrons. The molecular weight excluding hydrogens is 250 g/mol. The van der Waals surface area contributed by atoms with Gasteiger partial charge in [-0.25, -0.2) is 9.38 Å². The Morgan fingerprint density at radius 3 is 2.80 bits per heavy atom. The molecule has 0 saturated heterocycles. The van der Waals surface area contributed by atoms with Gasteiger partial charge in [0.25, 0.3) is 5.56 Å². The standard InChI is InChI=1S/C16H19N3O/c1-4-11(5-2)14-10(3)15(20)19-13-9-7-6-8-12(13)17-16(19)18-14/h6-9,11H,4-5H2,1-3H3,(H,17,18)/i3D3. The molecule has 1 N–H and O–H groups in total. The van der Waals surface area contributed by atoms with Gasteiger partial charge in [0.15, 0.2) is 0 Å². The fourth-order valence-electron chi connectivity index (χ4n) is 2.73. The quantitative estimate of drug-likeness (QED) is 0.794. The molecule has 0 amide bonds. The summed E-state index contributed by atoms with van der Waals surface area (Å²) in [4.78, 5) is 20.5. The largest absolute Gasteiger partial charge is 0.328 e. The Bertz CT molecular complexity index is 920. The maximum Gasteiger partial charge on any atom is 0.262 e. The van der Waals surface area contributed by atoms with Crippen LogP contribution in [0.25, 0.3) is 16.8 Å². The fraction of sp³-hybridized carbons (Fsp3) is 0.375. The highest BCUT2D eigenvalue weighted by atomic mass is 16.1. The van der Waals surface area contributed by atoms with Gasteiger partial charge in [-0.05, 0) is 37.7 Å². The Balaban J connectivity index is 2.48. The van der Waals surface area contributed by atoms with Gasteiger partial charge in [0.2, 0.25) is 5.78 Å². The molecule has 0 saturated carbocycles. The molecule has 3 rings (SSSR count). The first-order valence-electron chi connectivity index (χ1n) is 8.42. The third-order valence-corrected chi connectivity index (χ3v) is 3.89. The van der Waals surface area contributed by atoms with Gasteiger partial charge in [0.1, 0.15) is 0 Å². The summed E-state index contributed by atoms with van der Waals surface area (Å²) in [6, 6.07) is 7.22. The number of hydrogen-bond donors (Lipinski definition) is 1. The predicted molar refractivity (Wildman–Crippen MR) is 81.4 cm³/mol. The van der Waals surface area contributed by atoms with Crippen LogP contribution in [0.3, 0.4) is 0 Å². The normalized spacial score (nSPS) is 14.7. The molecule has 0 radical (unpaired) electrons. The highest BCUT2D eigenvalue weighted by Gasteiger charge is 2.17. The van der Waals surface area contributed by atoms with Crippen molar-refractivity contribution in [2.45, 2.75) is 39.5 Å². The lowest BCUT2D eigenvalue weighted by Gasteiger charge is -2.15. The van der Waals surface area contributed by atoms with Crippen LogP contribution in [-0.2, 0) is 0 Å². The molecule has 2 aromatic heterocycles. The zero-order chi connectivity index (χ0) is 16.8. The molecule has 0 aliphatic rings. The highest BCUT2D eigenvalue weighted by molar-refractivity contribution is 5.79. The van der Waals surface area contributed by atoms with Gasteiger partial charge < -0.3 is 4.98 Å². The van der Waals surface area contributed by atoms with Crippen molar-refractivity contribution in [3.05, 3.63) is 45.9 Å². The van der Waals surface area contributed by atoms with E-state index in [1.54, 1.807) is 18.2 Å². The molecule has 4 nitrogen and oxygen atoms in total. The van der Waals surface area contributed by atoms with E-state index in [-0.39, 0.29) is 11.5 Å². The van der Waals surface area contributed by atoms with Crippen molar-refractivity contribution in [3.63, 3.8) is 0 Å². The maximum absolute atomic E-state index is 13.0. The van der Waals surface area contributed by atoms with Crippen LogP contribution >= 0.6 is 0 Å². The number of hydrogen-bond acceptors (Lipinski definition) is 2. The molecular formula is C16H19N3O. The van der Waals surface area contributed by atoms with Crippen LogP contribution in [0.5, 0.6) is 0 Å². The summed E-state index contributed by atoms with van der Waals surface area (Å²) >= 11 is 0. The van der Waals surface area contributed by atoms with Crippen LogP contribution in [0.1, 0.15) is 48.0 Å². The number of H-pyrrole nitrogens is 1. The zero-order valence-electron chi connectivity index (χ0n) is 14.6. The van der Waals surface area contributed by atoms with Crippen molar-refractivity contribution in [2.75, 3.05) is 0 Å². The predicted octanol–water partition coefficient (Wildman–Crippen LogP) is 3.39. The first-order chi connectivity index (χ1) is 10.9. The second-order valence-corrected chi connectivity index (χ2v) is 4.99. The van der Waals surface area contributed by atoms with E-state index < -0.39 is 12.4 Å². The van der Waals surface area contributed by atoms with Gasteiger partial charge >= 0.3 is 0 Å². The number of fused-ring (bicyclic) bond motifs is 3. The van der Waals surface area contributed by atoms with E-state index in [0.29, 0.717) is 22.5 Å². The number of aromatic amines is 1. The summed E-state index contributed by atoms with van der Waals surface area (Å²) in [5, 5.41) is 0. The number of para-hydroxylation sites is 2. The lowest BCUT2D eigenvalue weighted by Crippen LogP contribution is -2.21. The van der Waals surface area contributed by atoms with Crippen molar-refractivity contribution in [2.24, 2.45) is 0 Å². The van der Waals surface area contributed by atoms with Gasteiger partial charge in [-0.1, -0.05) is 26.0 Å². The molecule has 0 bridgehead atoms. The van der Waals surface area contributed by atoms with Crippen LogP contribution in [0.2, 0.25) is 0 Å². The fourth-order valence-corrected chi connectivity index (χ4v) is 2.73. The second-order valence-electron chi connectivity index (χ2n) is 4.99. The number of rotatable bonds is 3. The van der Waals surface area contributed by atoms with Crippen molar-refractivity contribution in [1.82, 2.24) is 14.4 Å². The minimum absolute atomic E-state index is 0.0112. The smallest absolute Gasteiger partial charge is 0.262 e.